The van der Waals surface area contributed by atoms with Crippen LogP contribution in [0.2, 0.25) is 5.02 Å². The first-order valence-electron chi connectivity index (χ1n) is 10.2. The predicted molar refractivity (Wildman–Crippen MR) is 126 cm³/mol. The van der Waals surface area contributed by atoms with Crippen LogP contribution in [0.25, 0.3) is 0 Å². The number of amides is 1. The molecule has 1 aliphatic carbocycles. The van der Waals surface area contributed by atoms with Gasteiger partial charge in [-0.2, -0.15) is 0 Å². The average Bonchev–Trinajstić information content (AvgIpc) is 3.60. The SMILES string of the molecule is COc1ccc(C(=O)Nc2ccc(=O)n(Cc3ccccc3Cl)c2)cc1S(=O)(=O)NC1CC1. The number of hydrogen-bond acceptors (Lipinski definition) is 5. The third-order valence-electron chi connectivity index (χ3n) is 5.15. The smallest absolute Gasteiger partial charge is 0.255 e. The Morgan fingerprint density at radius 1 is 1.15 bits per heavy atom. The number of ether oxygens (including phenoxy) is 1. The van der Waals surface area contributed by atoms with E-state index in [0.29, 0.717) is 10.7 Å². The largest absolute Gasteiger partial charge is 0.495 e. The molecule has 8 nitrogen and oxygen atoms in total. The fourth-order valence-electron chi connectivity index (χ4n) is 3.25. The highest BCUT2D eigenvalue weighted by atomic mass is 35.5. The highest BCUT2D eigenvalue weighted by Crippen LogP contribution is 2.28. The van der Waals surface area contributed by atoms with E-state index in [1.807, 2.05) is 12.1 Å². The molecule has 0 radical (unpaired) electrons. The Bertz CT molecular complexity index is 1370. The molecule has 1 aliphatic rings. The number of benzene rings is 2. The second-order valence-corrected chi connectivity index (χ2v) is 9.78. The van der Waals surface area contributed by atoms with E-state index in [4.69, 9.17) is 16.3 Å². The maximum Gasteiger partial charge on any atom is 0.255 e. The second kappa shape index (κ2) is 9.38. The molecule has 1 amide bonds. The van der Waals surface area contributed by atoms with Crippen molar-refractivity contribution >= 4 is 33.2 Å². The van der Waals surface area contributed by atoms with Gasteiger partial charge < -0.3 is 14.6 Å². The maximum atomic E-state index is 12.9. The van der Waals surface area contributed by atoms with Gasteiger partial charge in [0.25, 0.3) is 11.5 Å². The molecule has 0 saturated heterocycles. The summed E-state index contributed by atoms with van der Waals surface area (Å²) in [4.78, 5) is 25.0. The first-order valence-corrected chi connectivity index (χ1v) is 12.1. The summed E-state index contributed by atoms with van der Waals surface area (Å²) in [5.41, 5.74) is 1.02. The molecule has 1 heterocycles. The molecule has 33 heavy (non-hydrogen) atoms. The van der Waals surface area contributed by atoms with Crippen LogP contribution in [0.4, 0.5) is 5.69 Å². The molecular weight excluding hydrogens is 466 g/mol. The van der Waals surface area contributed by atoms with Crippen molar-refractivity contribution in [3.63, 3.8) is 0 Å². The Kier molecular flexibility index (Phi) is 6.55. The van der Waals surface area contributed by atoms with Gasteiger partial charge in [0.05, 0.1) is 19.3 Å². The van der Waals surface area contributed by atoms with E-state index in [9.17, 15) is 18.0 Å². The van der Waals surface area contributed by atoms with E-state index in [-0.39, 0.29) is 34.4 Å². The zero-order valence-corrected chi connectivity index (χ0v) is 19.3. The molecule has 0 atom stereocenters. The molecule has 2 aromatic carbocycles. The van der Waals surface area contributed by atoms with E-state index >= 15 is 0 Å². The van der Waals surface area contributed by atoms with Gasteiger partial charge in [0.1, 0.15) is 10.6 Å². The summed E-state index contributed by atoms with van der Waals surface area (Å²) >= 11 is 6.19. The minimum Gasteiger partial charge on any atom is -0.495 e. The van der Waals surface area contributed by atoms with Gasteiger partial charge in [-0.15, -0.1) is 0 Å². The maximum absolute atomic E-state index is 12.9. The Morgan fingerprint density at radius 3 is 2.61 bits per heavy atom. The number of nitrogens with zero attached hydrogens (tertiary/aromatic N) is 1. The number of sulfonamides is 1. The molecule has 1 aromatic heterocycles. The second-order valence-electron chi connectivity index (χ2n) is 7.69. The lowest BCUT2D eigenvalue weighted by atomic mass is 10.2. The normalized spacial score (nSPS) is 13.5. The minimum absolute atomic E-state index is 0.0867. The molecule has 10 heteroatoms. The molecule has 172 valence electrons. The van der Waals surface area contributed by atoms with Crippen LogP contribution in [0.5, 0.6) is 5.75 Å². The highest BCUT2D eigenvalue weighted by Gasteiger charge is 2.30. The van der Waals surface area contributed by atoms with Gasteiger partial charge in [0.2, 0.25) is 10.0 Å². The molecule has 1 saturated carbocycles. The van der Waals surface area contributed by atoms with Crippen LogP contribution in [0, 0.1) is 0 Å². The number of anilines is 1. The van der Waals surface area contributed by atoms with Crippen molar-refractivity contribution in [1.82, 2.24) is 9.29 Å². The van der Waals surface area contributed by atoms with Gasteiger partial charge in [-0.3, -0.25) is 9.59 Å². The zero-order valence-electron chi connectivity index (χ0n) is 17.7. The summed E-state index contributed by atoms with van der Waals surface area (Å²) < 4.78 is 34.6. The fraction of sp³-hybridized carbons (Fsp3) is 0.217. The van der Waals surface area contributed by atoms with Crippen LogP contribution in [0.1, 0.15) is 28.8 Å². The van der Waals surface area contributed by atoms with Gasteiger partial charge in [-0.05, 0) is 48.7 Å². The van der Waals surface area contributed by atoms with Gasteiger partial charge in [-0.25, -0.2) is 13.1 Å². The van der Waals surface area contributed by atoms with Crippen molar-refractivity contribution in [3.05, 3.63) is 87.3 Å². The quantitative estimate of drug-likeness (QED) is 0.507. The van der Waals surface area contributed by atoms with Crippen LogP contribution in [-0.2, 0) is 16.6 Å². The molecule has 0 bridgehead atoms. The van der Waals surface area contributed by atoms with Crippen LogP contribution < -0.4 is 20.3 Å². The number of rotatable bonds is 8. The first kappa shape index (κ1) is 23.0. The average molecular weight is 488 g/mol. The van der Waals surface area contributed by atoms with Crippen LogP contribution in [0.15, 0.2) is 70.5 Å². The number of pyridine rings is 1. The number of carbonyl (C=O) groups excluding carboxylic acids is 1. The van der Waals surface area contributed by atoms with Gasteiger partial charge in [-0.1, -0.05) is 29.8 Å². The van der Waals surface area contributed by atoms with E-state index < -0.39 is 15.9 Å². The van der Waals surface area contributed by atoms with Crippen molar-refractivity contribution < 1.29 is 17.9 Å². The first-order chi connectivity index (χ1) is 15.8. The zero-order chi connectivity index (χ0) is 23.6. The Hall–Kier alpha value is -3.14. The van der Waals surface area contributed by atoms with Crippen LogP contribution in [0.3, 0.4) is 0 Å². The van der Waals surface area contributed by atoms with Crippen LogP contribution >= 0.6 is 11.6 Å². The number of aromatic nitrogens is 1. The summed E-state index contributed by atoms with van der Waals surface area (Å²) in [6.07, 6.45) is 3.08. The van der Waals surface area contributed by atoms with E-state index in [2.05, 4.69) is 10.0 Å². The summed E-state index contributed by atoms with van der Waals surface area (Å²) in [5.74, 6) is -0.378. The molecule has 0 spiro atoms. The van der Waals surface area contributed by atoms with Crippen molar-refractivity contribution in [1.29, 1.82) is 0 Å². The van der Waals surface area contributed by atoms with Crippen LogP contribution in [-0.4, -0.2) is 32.0 Å². The molecule has 1 fully saturated rings. The van der Waals surface area contributed by atoms with Gasteiger partial charge in [0, 0.05) is 28.9 Å². The van der Waals surface area contributed by atoms with Gasteiger partial charge >= 0.3 is 0 Å². The van der Waals surface area contributed by atoms with Gasteiger partial charge in [0.15, 0.2) is 0 Å². The number of methoxy groups -OCH3 is 1. The Morgan fingerprint density at radius 2 is 1.91 bits per heavy atom. The molecular formula is C23H22ClN3O5S. The summed E-state index contributed by atoms with van der Waals surface area (Å²) in [6.45, 7) is 0.236. The van der Waals surface area contributed by atoms with Crippen molar-refractivity contribution in [2.75, 3.05) is 12.4 Å². The third-order valence-corrected chi connectivity index (χ3v) is 7.06. The topological polar surface area (TPSA) is 106 Å². The standard InChI is InChI=1S/C23H22ClN3O5S/c1-32-20-10-6-15(12-21(20)33(30,31)26-17-7-8-17)23(29)25-18-9-11-22(28)27(14-18)13-16-4-2-3-5-19(16)24/h2-6,9-12,14,17,26H,7-8,13H2,1H3,(H,25,29). The molecule has 0 unspecified atom stereocenters. The lowest BCUT2D eigenvalue weighted by molar-refractivity contribution is 0.102. The molecule has 4 rings (SSSR count). The van der Waals surface area contributed by atoms with Crippen molar-refractivity contribution in [2.24, 2.45) is 0 Å². The predicted octanol–water partition coefficient (Wildman–Crippen LogP) is 3.25. The summed E-state index contributed by atoms with van der Waals surface area (Å²) in [5, 5.41) is 3.24. The Labute approximate surface area is 196 Å². The highest BCUT2D eigenvalue weighted by molar-refractivity contribution is 7.89. The molecule has 3 aromatic rings. The fourth-order valence-corrected chi connectivity index (χ4v) is 4.95. The molecule has 2 N–H and O–H groups in total. The molecule has 0 aliphatic heterocycles. The van der Waals surface area contributed by atoms with Crippen molar-refractivity contribution in [3.8, 4) is 5.75 Å². The number of hydrogen-bond donors (Lipinski definition) is 2. The summed E-state index contributed by atoms with van der Waals surface area (Å²) in [6, 6.07) is 14.1. The number of carbonyl (C=O) groups is 1. The number of nitrogens with one attached hydrogen (secondary N) is 2. The monoisotopic (exact) mass is 487 g/mol. The van der Waals surface area contributed by atoms with E-state index in [1.165, 1.54) is 48.2 Å². The number of halogens is 1. The van der Waals surface area contributed by atoms with Crippen molar-refractivity contribution in [2.45, 2.75) is 30.3 Å². The van der Waals surface area contributed by atoms with E-state index in [0.717, 1.165) is 18.4 Å². The van der Waals surface area contributed by atoms with E-state index in [1.54, 1.807) is 12.1 Å². The lowest BCUT2D eigenvalue weighted by Gasteiger charge is -2.13. The minimum atomic E-state index is -3.83. The Balaban J connectivity index is 1.58. The lowest BCUT2D eigenvalue weighted by Crippen LogP contribution is -2.26. The third kappa shape index (κ3) is 5.44. The summed E-state index contributed by atoms with van der Waals surface area (Å²) in [7, 11) is -2.46.